The van der Waals surface area contributed by atoms with Gasteiger partial charge in [-0.1, -0.05) is 0 Å². The predicted octanol–water partition coefficient (Wildman–Crippen LogP) is 0.438. The molecule has 4 nitrogen and oxygen atoms in total. The number of hydrogen-bond acceptors (Lipinski definition) is 4. The summed E-state index contributed by atoms with van der Waals surface area (Å²) in [6.07, 6.45) is 4.05. The van der Waals surface area contributed by atoms with Crippen LogP contribution in [0.15, 0.2) is 18.6 Å². The van der Waals surface area contributed by atoms with Gasteiger partial charge in [0.25, 0.3) is 0 Å². The maximum Gasteiger partial charge on any atom is 0.131 e. The topological polar surface area (TPSA) is 49.2 Å². The molecule has 1 unspecified atom stereocenters. The highest BCUT2D eigenvalue weighted by Crippen LogP contribution is 2.23. The van der Waals surface area contributed by atoms with E-state index in [-0.39, 0.29) is 0 Å². The molecule has 1 fully saturated rings. The Morgan fingerprint density at radius 2 is 2.46 bits per heavy atom. The van der Waals surface area contributed by atoms with Crippen LogP contribution in [0.2, 0.25) is 0 Å². The van der Waals surface area contributed by atoms with Gasteiger partial charge in [0.05, 0.1) is 5.60 Å². The lowest BCUT2D eigenvalue weighted by Crippen LogP contribution is -2.29. The second-order valence-corrected chi connectivity index (χ2v) is 3.74. The van der Waals surface area contributed by atoms with Gasteiger partial charge in [-0.2, -0.15) is 0 Å². The van der Waals surface area contributed by atoms with Crippen LogP contribution < -0.4 is 4.90 Å². The largest absolute Gasteiger partial charge is 0.388 e. The van der Waals surface area contributed by atoms with E-state index in [1.807, 2.05) is 13.0 Å². The lowest BCUT2D eigenvalue weighted by atomic mass is 10.1. The van der Waals surface area contributed by atoms with Crippen LogP contribution in [0.3, 0.4) is 0 Å². The molecule has 1 aliphatic rings. The zero-order valence-corrected chi connectivity index (χ0v) is 7.64. The maximum atomic E-state index is 9.74. The Bertz CT molecular complexity index is 286. The molecular formula is C9H13N3O. The summed E-state index contributed by atoms with van der Waals surface area (Å²) in [5.41, 5.74) is -0.565. The fourth-order valence-electron chi connectivity index (χ4n) is 1.61. The van der Waals surface area contributed by atoms with Crippen molar-refractivity contribution in [3.63, 3.8) is 0 Å². The van der Waals surface area contributed by atoms with Gasteiger partial charge in [0.1, 0.15) is 12.1 Å². The second kappa shape index (κ2) is 2.96. The van der Waals surface area contributed by atoms with Gasteiger partial charge in [-0.3, -0.25) is 0 Å². The first-order valence-electron chi connectivity index (χ1n) is 4.41. The molecule has 0 amide bonds. The molecule has 0 aromatic carbocycles. The normalized spacial score (nSPS) is 28.0. The van der Waals surface area contributed by atoms with Crippen molar-refractivity contribution in [1.29, 1.82) is 0 Å². The summed E-state index contributed by atoms with van der Waals surface area (Å²) in [7, 11) is 0. The number of hydrogen-bond donors (Lipinski definition) is 1. The fraction of sp³-hybridized carbons (Fsp3) is 0.556. The Morgan fingerprint density at radius 3 is 3.00 bits per heavy atom. The predicted molar refractivity (Wildman–Crippen MR) is 49.5 cm³/mol. The summed E-state index contributed by atoms with van der Waals surface area (Å²) in [6, 6.07) is 1.86. The monoisotopic (exact) mass is 179 g/mol. The summed E-state index contributed by atoms with van der Waals surface area (Å²) >= 11 is 0. The molecule has 0 aliphatic carbocycles. The molecular weight excluding hydrogens is 166 g/mol. The zero-order chi connectivity index (χ0) is 9.31. The molecule has 1 aromatic heterocycles. The van der Waals surface area contributed by atoms with Crippen molar-refractivity contribution in [2.75, 3.05) is 18.0 Å². The van der Waals surface area contributed by atoms with Crippen molar-refractivity contribution in [3.8, 4) is 0 Å². The molecule has 1 aliphatic heterocycles. The Balaban J connectivity index is 2.13. The van der Waals surface area contributed by atoms with E-state index < -0.39 is 5.60 Å². The van der Waals surface area contributed by atoms with Crippen LogP contribution in [-0.4, -0.2) is 33.8 Å². The highest BCUT2D eigenvalue weighted by Gasteiger charge is 2.31. The van der Waals surface area contributed by atoms with Crippen molar-refractivity contribution in [1.82, 2.24) is 9.97 Å². The first-order chi connectivity index (χ1) is 6.17. The minimum Gasteiger partial charge on any atom is -0.388 e. The molecule has 1 atom stereocenters. The number of aliphatic hydroxyl groups is 1. The minimum atomic E-state index is -0.565. The molecule has 1 aromatic rings. The fourth-order valence-corrected chi connectivity index (χ4v) is 1.61. The van der Waals surface area contributed by atoms with Gasteiger partial charge in [0.15, 0.2) is 0 Å². The van der Waals surface area contributed by atoms with E-state index >= 15 is 0 Å². The van der Waals surface area contributed by atoms with Crippen molar-refractivity contribution < 1.29 is 5.11 Å². The third-order valence-corrected chi connectivity index (χ3v) is 2.34. The third-order valence-electron chi connectivity index (χ3n) is 2.34. The number of aromatic nitrogens is 2. The Morgan fingerprint density at radius 1 is 1.62 bits per heavy atom. The first-order valence-corrected chi connectivity index (χ1v) is 4.41. The quantitative estimate of drug-likeness (QED) is 0.679. The molecule has 2 heterocycles. The average Bonchev–Trinajstić information content (AvgIpc) is 2.48. The van der Waals surface area contributed by atoms with Crippen LogP contribution in [0.1, 0.15) is 13.3 Å². The van der Waals surface area contributed by atoms with E-state index in [0.717, 1.165) is 18.8 Å². The van der Waals surface area contributed by atoms with Gasteiger partial charge >= 0.3 is 0 Å². The molecule has 0 saturated carbocycles. The van der Waals surface area contributed by atoms with Crippen molar-refractivity contribution in [2.45, 2.75) is 18.9 Å². The van der Waals surface area contributed by atoms with Crippen molar-refractivity contribution in [2.24, 2.45) is 0 Å². The molecule has 4 heteroatoms. The van der Waals surface area contributed by atoms with Crippen LogP contribution in [0, 0.1) is 0 Å². The highest BCUT2D eigenvalue weighted by molar-refractivity contribution is 5.38. The molecule has 2 rings (SSSR count). The number of nitrogens with zero attached hydrogens (tertiary/aromatic N) is 3. The number of β-amino-alcohol motifs (C(OH)–C–C–N with tert-alkyl or cyclic N) is 1. The first kappa shape index (κ1) is 8.44. The van der Waals surface area contributed by atoms with Crippen LogP contribution in [0.4, 0.5) is 5.82 Å². The molecule has 0 bridgehead atoms. The minimum absolute atomic E-state index is 0.565. The van der Waals surface area contributed by atoms with Gasteiger partial charge in [-0.15, -0.1) is 0 Å². The van der Waals surface area contributed by atoms with E-state index in [0.29, 0.717) is 6.54 Å². The van der Waals surface area contributed by atoms with Crippen LogP contribution in [0.5, 0.6) is 0 Å². The lowest BCUT2D eigenvalue weighted by molar-refractivity contribution is 0.0839. The van der Waals surface area contributed by atoms with E-state index in [4.69, 9.17) is 0 Å². The summed E-state index contributed by atoms with van der Waals surface area (Å²) in [5.74, 6) is 0.896. The maximum absolute atomic E-state index is 9.74. The zero-order valence-electron chi connectivity index (χ0n) is 7.64. The Hall–Kier alpha value is -1.16. The highest BCUT2D eigenvalue weighted by atomic mass is 16.3. The molecule has 0 spiro atoms. The van der Waals surface area contributed by atoms with Gasteiger partial charge in [0, 0.05) is 19.3 Å². The summed E-state index contributed by atoms with van der Waals surface area (Å²) in [4.78, 5) is 10.1. The Labute approximate surface area is 77.2 Å². The van der Waals surface area contributed by atoms with Gasteiger partial charge < -0.3 is 10.0 Å². The third kappa shape index (κ3) is 1.78. The number of anilines is 1. The molecule has 13 heavy (non-hydrogen) atoms. The molecule has 0 radical (unpaired) electrons. The lowest BCUT2D eigenvalue weighted by Gasteiger charge is -2.19. The van der Waals surface area contributed by atoms with E-state index in [9.17, 15) is 5.11 Å². The molecule has 70 valence electrons. The average molecular weight is 179 g/mol. The summed E-state index contributed by atoms with van der Waals surface area (Å²) in [6.45, 7) is 3.38. The summed E-state index contributed by atoms with van der Waals surface area (Å²) in [5, 5.41) is 9.74. The van der Waals surface area contributed by atoms with Crippen LogP contribution in [-0.2, 0) is 0 Å². The van der Waals surface area contributed by atoms with Crippen LogP contribution >= 0.6 is 0 Å². The van der Waals surface area contributed by atoms with E-state index in [1.165, 1.54) is 6.33 Å². The van der Waals surface area contributed by atoms with Crippen LogP contribution in [0.25, 0.3) is 0 Å². The smallest absolute Gasteiger partial charge is 0.131 e. The van der Waals surface area contributed by atoms with E-state index in [1.54, 1.807) is 6.20 Å². The second-order valence-electron chi connectivity index (χ2n) is 3.74. The standard InChI is InChI=1S/C9H13N3O/c1-9(13)3-5-12(6-9)8-2-4-10-7-11-8/h2,4,7,13H,3,5-6H2,1H3. The van der Waals surface area contributed by atoms with E-state index in [2.05, 4.69) is 14.9 Å². The van der Waals surface area contributed by atoms with Gasteiger partial charge in [-0.25, -0.2) is 9.97 Å². The van der Waals surface area contributed by atoms with Crippen molar-refractivity contribution >= 4 is 5.82 Å². The summed E-state index contributed by atoms with van der Waals surface area (Å²) < 4.78 is 0. The Kier molecular flexibility index (Phi) is 1.92. The molecule has 1 saturated heterocycles. The van der Waals surface area contributed by atoms with Gasteiger partial charge in [0.2, 0.25) is 0 Å². The van der Waals surface area contributed by atoms with Gasteiger partial charge in [-0.05, 0) is 19.4 Å². The SMILES string of the molecule is CC1(O)CCN(c2ccncn2)C1. The molecule has 1 N–H and O–H groups in total. The number of rotatable bonds is 1. The van der Waals surface area contributed by atoms with Crippen molar-refractivity contribution in [3.05, 3.63) is 18.6 Å².